The zero-order valence-corrected chi connectivity index (χ0v) is 8.37. The second-order valence-corrected chi connectivity index (χ2v) is 3.88. The molecule has 5 heteroatoms. The van der Waals surface area contributed by atoms with Crippen molar-refractivity contribution in [3.05, 3.63) is 24.2 Å². The molecule has 0 aromatic carbocycles. The van der Waals surface area contributed by atoms with Crippen molar-refractivity contribution in [2.45, 2.75) is 18.3 Å². The number of carboxylic acids is 1. The van der Waals surface area contributed by atoms with Crippen molar-refractivity contribution in [2.24, 2.45) is 0 Å². The minimum Gasteiger partial charge on any atom is -0.481 e. The van der Waals surface area contributed by atoms with Crippen LogP contribution in [-0.4, -0.2) is 28.0 Å². The number of hydrogen-bond donors (Lipinski definition) is 2. The lowest BCUT2D eigenvalue weighted by molar-refractivity contribution is -0.138. The molecule has 0 spiro atoms. The first-order chi connectivity index (χ1) is 6.68. The maximum Gasteiger partial charge on any atom is 0.306 e. The van der Waals surface area contributed by atoms with Crippen LogP contribution in [0.4, 0.5) is 0 Å². The van der Waals surface area contributed by atoms with Crippen LogP contribution in [0.3, 0.4) is 0 Å². The molecule has 78 valence electrons. The molecule has 1 atom stereocenters. The van der Waals surface area contributed by atoms with E-state index in [1.807, 2.05) is 6.07 Å². The predicted octanol–water partition coefficient (Wildman–Crippen LogP) is 1.35. The number of aliphatic carboxylic acids is 1. The highest BCUT2D eigenvalue weighted by molar-refractivity contribution is 7.98. The van der Waals surface area contributed by atoms with Gasteiger partial charge in [-0.2, -0.15) is 11.8 Å². The van der Waals surface area contributed by atoms with Gasteiger partial charge in [-0.3, -0.25) is 4.79 Å². The van der Waals surface area contributed by atoms with E-state index in [0.717, 1.165) is 5.76 Å². The van der Waals surface area contributed by atoms with Crippen molar-refractivity contribution in [3.8, 4) is 0 Å². The van der Waals surface area contributed by atoms with E-state index in [2.05, 4.69) is 0 Å². The number of rotatable bonds is 6. The summed E-state index contributed by atoms with van der Waals surface area (Å²) < 4.78 is 5.08. The third kappa shape index (κ3) is 4.34. The summed E-state index contributed by atoms with van der Waals surface area (Å²) >= 11 is 1.45. The van der Waals surface area contributed by atoms with Crippen LogP contribution in [0.1, 0.15) is 12.2 Å². The molecule has 1 aromatic rings. The molecule has 14 heavy (non-hydrogen) atoms. The van der Waals surface area contributed by atoms with Gasteiger partial charge in [-0.15, -0.1) is 0 Å². The highest BCUT2D eigenvalue weighted by atomic mass is 32.2. The molecule has 1 heterocycles. The first-order valence-corrected chi connectivity index (χ1v) is 5.34. The fourth-order valence-electron chi connectivity index (χ4n) is 0.951. The van der Waals surface area contributed by atoms with E-state index in [4.69, 9.17) is 9.52 Å². The fraction of sp³-hybridized carbons (Fsp3) is 0.444. The van der Waals surface area contributed by atoms with Crippen molar-refractivity contribution >= 4 is 17.7 Å². The Morgan fingerprint density at radius 1 is 1.64 bits per heavy atom. The van der Waals surface area contributed by atoms with Crippen molar-refractivity contribution in [1.82, 2.24) is 0 Å². The summed E-state index contributed by atoms with van der Waals surface area (Å²) in [5.41, 5.74) is 0. The van der Waals surface area contributed by atoms with Crippen LogP contribution >= 0.6 is 11.8 Å². The molecule has 0 radical (unpaired) electrons. The lowest BCUT2D eigenvalue weighted by atomic mass is 10.3. The normalized spacial score (nSPS) is 12.6. The summed E-state index contributed by atoms with van der Waals surface area (Å²) in [5.74, 6) is 0.921. The second-order valence-electron chi connectivity index (χ2n) is 2.85. The molecule has 4 nitrogen and oxygen atoms in total. The van der Waals surface area contributed by atoms with Gasteiger partial charge in [-0.05, 0) is 12.1 Å². The van der Waals surface area contributed by atoms with Gasteiger partial charge in [0.25, 0.3) is 0 Å². The summed E-state index contributed by atoms with van der Waals surface area (Å²) in [7, 11) is 0. The number of aliphatic hydroxyl groups is 1. The number of furan rings is 1. The Morgan fingerprint density at radius 2 is 2.43 bits per heavy atom. The van der Waals surface area contributed by atoms with Crippen molar-refractivity contribution in [3.63, 3.8) is 0 Å². The average molecular weight is 216 g/mol. The molecule has 1 unspecified atom stereocenters. The Labute approximate surface area is 85.9 Å². The Balaban J connectivity index is 2.12. The average Bonchev–Trinajstić information content (AvgIpc) is 2.55. The fourth-order valence-corrected chi connectivity index (χ4v) is 1.82. The topological polar surface area (TPSA) is 70.7 Å². The summed E-state index contributed by atoms with van der Waals surface area (Å²) in [6.45, 7) is 0. The van der Waals surface area contributed by atoms with Gasteiger partial charge < -0.3 is 14.6 Å². The lowest BCUT2D eigenvalue weighted by Crippen LogP contribution is -2.15. The Bertz CT molecular complexity index is 270. The standard InChI is InChI=1S/C9H12O4S/c10-7(4-9(11)12)5-14-6-8-2-1-3-13-8/h1-3,7,10H,4-6H2,(H,11,12). The van der Waals surface area contributed by atoms with Crippen LogP contribution in [0.15, 0.2) is 22.8 Å². The third-order valence-electron chi connectivity index (χ3n) is 1.54. The molecule has 0 fully saturated rings. The summed E-state index contributed by atoms with van der Waals surface area (Å²) in [4.78, 5) is 10.2. The minimum absolute atomic E-state index is 0.203. The van der Waals surface area contributed by atoms with Crippen molar-refractivity contribution < 1.29 is 19.4 Å². The zero-order valence-electron chi connectivity index (χ0n) is 7.55. The monoisotopic (exact) mass is 216 g/mol. The van der Waals surface area contributed by atoms with Gasteiger partial charge in [0.05, 0.1) is 24.5 Å². The van der Waals surface area contributed by atoms with Gasteiger partial charge in [-0.1, -0.05) is 0 Å². The molecule has 0 aliphatic carbocycles. The number of aliphatic hydroxyl groups excluding tert-OH is 1. The maximum atomic E-state index is 10.2. The Hall–Kier alpha value is -0.940. The van der Waals surface area contributed by atoms with Crippen LogP contribution in [0, 0.1) is 0 Å². The highest BCUT2D eigenvalue weighted by Gasteiger charge is 2.09. The molecule has 1 aromatic heterocycles. The molecule has 1 rings (SSSR count). The minimum atomic E-state index is -0.976. The van der Waals surface area contributed by atoms with Gasteiger partial charge in [-0.25, -0.2) is 0 Å². The first kappa shape index (κ1) is 11.1. The smallest absolute Gasteiger partial charge is 0.306 e. The van der Waals surface area contributed by atoms with Gasteiger partial charge in [0.2, 0.25) is 0 Å². The third-order valence-corrected chi connectivity index (χ3v) is 2.65. The van der Waals surface area contributed by atoms with Crippen LogP contribution in [0.2, 0.25) is 0 Å². The van der Waals surface area contributed by atoms with Gasteiger partial charge >= 0.3 is 5.97 Å². The SMILES string of the molecule is O=C(O)CC(O)CSCc1ccco1. The van der Waals surface area contributed by atoms with Gasteiger partial charge in [0.15, 0.2) is 0 Å². The summed E-state index contributed by atoms with van der Waals surface area (Å²) in [5, 5.41) is 17.6. The van der Waals surface area contributed by atoms with E-state index in [0.29, 0.717) is 11.5 Å². The number of thioether (sulfide) groups is 1. The largest absolute Gasteiger partial charge is 0.481 e. The maximum absolute atomic E-state index is 10.2. The zero-order chi connectivity index (χ0) is 10.4. The first-order valence-electron chi connectivity index (χ1n) is 4.18. The van der Waals surface area contributed by atoms with E-state index in [1.165, 1.54) is 11.8 Å². The molecule has 0 amide bonds. The van der Waals surface area contributed by atoms with Crippen LogP contribution in [0.5, 0.6) is 0 Å². The molecule has 0 aliphatic rings. The van der Waals surface area contributed by atoms with E-state index < -0.39 is 12.1 Å². The van der Waals surface area contributed by atoms with E-state index in [9.17, 15) is 9.90 Å². The van der Waals surface area contributed by atoms with Crippen LogP contribution in [-0.2, 0) is 10.5 Å². The molecular formula is C9H12O4S. The molecular weight excluding hydrogens is 204 g/mol. The van der Waals surface area contributed by atoms with E-state index >= 15 is 0 Å². The number of carbonyl (C=O) groups is 1. The van der Waals surface area contributed by atoms with Gasteiger partial charge in [0, 0.05) is 5.75 Å². The molecule has 0 saturated carbocycles. The number of carboxylic acid groups (broad SMARTS) is 1. The highest BCUT2D eigenvalue weighted by Crippen LogP contribution is 2.14. The van der Waals surface area contributed by atoms with Crippen LogP contribution in [0.25, 0.3) is 0 Å². The van der Waals surface area contributed by atoms with Crippen molar-refractivity contribution in [2.75, 3.05) is 5.75 Å². The summed E-state index contributed by atoms with van der Waals surface area (Å²) in [6, 6.07) is 3.64. The number of hydrogen-bond acceptors (Lipinski definition) is 4. The second kappa shape index (κ2) is 5.72. The summed E-state index contributed by atoms with van der Waals surface area (Å²) in [6.07, 6.45) is 0.599. The molecule has 2 N–H and O–H groups in total. The van der Waals surface area contributed by atoms with Gasteiger partial charge in [0.1, 0.15) is 5.76 Å². The van der Waals surface area contributed by atoms with Crippen molar-refractivity contribution in [1.29, 1.82) is 0 Å². The molecule has 0 aliphatic heterocycles. The quantitative estimate of drug-likeness (QED) is 0.751. The Morgan fingerprint density at radius 3 is 3.00 bits per heavy atom. The van der Waals surface area contributed by atoms with E-state index in [1.54, 1.807) is 12.3 Å². The lowest BCUT2D eigenvalue weighted by Gasteiger charge is -2.05. The van der Waals surface area contributed by atoms with E-state index in [-0.39, 0.29) is 6.42 Å². The molecule has 0 bridgehead atoms. The van der Waals surface area contributed by atoms with Crippen LogP contribution < -0.4 is 0 Å². The molecule has 0 saturated heterocycles. The predicted molar refractivity (Wildman–Crippen MR) is 53.1 cm³/mol. The Kier molecular flexibility index (Phi) is 4.55.